The highest BCUT2D eigenvalue weighted by Gasteiger charge is 2.43. The Morgan fingerprint density at radius 2 is 1.79 bits per heavy atom. The van der Waals surface area contributed by atoms with Crippen molar-refractivity contribution in [1.82, 2.24) is 5.32 Å². The van der Waals surface area contributed by atoms with E-state index in [9.17, 15) is 27.9 Å². The zero-order valence-corrected chi connectivity index (χ0v) is 16.4. The lowest BCUT2D eigenvalue weighted by Gasteiger charge is -2.32. The van der Waals surface area contributed by atoms with Crippen molar-refractivity contribution in [3.63, 3.8) is 0 Å². The summed E-state index contributed by atoms with van der Waals surface area (Å²) >= 11 is 0. The molecule has 1 heterocycles. The Kier molecular flexibility index (Phi) is 6.73. The monoisotopic (exact) mass is 413 g/mol. The smallest absolute Gasteiger partial charge is 0.416 e. The number of ether oxygens (including phenoxy) is 2. The fourth-order valence-corrected chi connectivity index (χ4v) is 3.24. The molecule has 1 aromatic rings. The van der Waals surface area contributed by atoms with Crippen molar-refractivity contribution in [1.29, 1.82) is 0 Å². The molecule has 0 aromatic heterocycles. The van der Waals surface area contributed by atoms with Crippen LogP contribution < -0.4 is 5.32 Å². The fourth-order valence-electron chi connectivity index (χ4n) is 3.24. The molecule has 158 valence electrons. The lowest BCUT2D eigenvalue weighted by Crippen LogP contribution is -2.35. The van der Waals surface area contributed by atoms with E-state index in [1.54, 1.807) is 13.8 Å². The van der Waals surface area contributed by atoms with E-state index >= 15 is 0 Å². The summed E-state index contributed by atoms with van der Waals surface area (Å²) in [5.41, 5.74) is -1.64. The molecule has 6 nitrogen and oxygen atoms in total. The van der Waals surface area contributed by atoms with E-state index in [1.165, 1.54) is 25.1 Å². The Balaban J connectivity index is 2.83. The van der Waals surface area contributed by atoms with Gasteiger partial charge in [0.1, 0.15) is 0 Å². The molecule has 0 saturated carbocycles. The summed E-state index contributed by atoms with van der Waals surface area (Å²) in [6, 6.07) is 4.64. The number of esters is 2. The Labute approximate surface area is 166 Å². The third kappa shape index (κ3) is 4.61. The SMILES string of the molecule is COC(=O)C1=C(CO)NC(C)=C(C(=O)OC(C)C)C1c1ccccc1C(F)(F)F. The zero-order valence-electron chi connectivity index (χ0n) is 16.4. The van der Waals surface area contributed by atoms with E-state index in [1.807, 2.05) is 0 Å². The van der Waals surface area contributed by atoms with Crippen LogP contribution in [0.2, 0.25) is 0 Å². The molecule has 2 N–H and O–H groups in total. The van der Waals surface area contributed by atoms with Crippen LogP contribution in [0.25, 0.3) is 0 Å². The molecule has 1 aromatic carbocycles. The van der Waals surface area contributed by atoms with Crippen LogP contribution in [0.1, 0.15) is 37.8 Å². The maximum Gasteiger partial charge on any atom is 0.416 e. The highest BCUT2D eigenvalue weighted by Crippen LogP contribution is 2.44. The summed E-state index contributed by atoms with van der Waals surface area (Å²) in [6.07, 6.45) is -5.27. The number of halogens is 3. The van der Waals surface area contributed by atoms with E-state index in [-0.39, 0.29) is 28.1 Å². The van der Waals surface area contributed by atoms with Crippen molar-refractivity contribution in [3.05, 3.63) is 57.9 Å². The first-order chi connectivity index (χ1) is 13.5. The van der Waals surface area contributed by atoms with E-state index in [4.69, 9.17) is 9.47 Å². The number of alkyl halides is 3. The van der Waals surface area contributed by atoms with Gasteiger partial charge < -0.3 is 19.9 Å². The van der Waals surface area contributed by atoms with Gasteiger partial charge in [-0.25, -0.2) is 9.59 Å². The number of allylic oxidation sites excluding steroid dienone is 1. The highest BCUT2D eigenvalue weighted by molar-refractivity contribution is 6.00. The average molecular weight is 413 g/mol. The predicted molar refractivity (Wildman–Crippen MR) is 97.4 cm³/mol. The molecule has 1 unspecified atom stereocenters. The van der Waals surface area contributed by atoms with Gasteiger partial charge in [0.2, 0.25) is 0 Å². The number of aliphatic hydroxyl groups is 1. The molecule has 0 spiro atoms. The number of carbonyl (C=O) groups excluding carboxylic acids is 2. The highest BCUT2D eigenvalue weighted by atomic mass is 19.4. The van der Waals surface area contributed by atoms with Crippen molar-refractivity contribution in [2.24, 2.45) is 0 Å². The summed E-state index contributed by atoms with van der Waals surface area (Å²) in [5.74, 6) is -3.27. The number of rotatable bonds is 5. The molecule has 0 saturated heterocycles. The number of aliphatic hydroxyl groups excluding tert-OH is 1. The normalized spacial score (nSPS) is 17.3. The summed E-state index contributed by atoms with van der Waals surface area (Å²) in [7, 11) is 1.06. The molecule has 9 heteroatoms. The number of methoxy groups -OCH3 is 1. The molecule has 0 bridgehead atoms. The number of hydrogen-bond acceptors (Lipinski definition) is 6. The van der Waals surface area contributed by atoms with Gasteiger partial charge in [-0.05, 0) is 32.4 Å². The molecule has 1 atom stereocenters. The zero-order chi connectivity index (χ0) is 21.9. The van der Waals surface area contributed by atoms with Crippen LogP contribution in [0.3, 0.4) is 0 Å². The minimum atomic E-state index is -4.73. The lowest BCUT2D eigenvalue weighted by molar-refractivity contribution is -0.144. The Morgan fingerprint density at radius 3 is 2.31 bits per heavy atom. The number of nitrogens with one attached hydrogen (secondary N) is 1. The number of dihydropyridines is 1. The van der Waals surface area contributed by atoms with Gasteiger partial charge >= 0.3 is 18.1 Å². The third-order valence-electron chi connectivity index (χ3n) is 4.35. The molecule has 0 amide bonds. The van der Waals surface area contributed by atoms with E-state index in [0.29, 0.717) is 0 Å². The first-order valence-corrected chi connectivity index (χ1v) is 8.80. The van der Waals surface area contributed by atoms with E-state index in [0.717, 1.165) is 13.2 Å². The van der Waals surface area contributed by atoms with Gasteiger partial charge in [-0.1, -0.05) is 18.2 Å². The van der Waals surface area contributed by atoms with Crippen LogP contribution in [0, 0.1) is 0 Å². The van der Waals surface area contributed by atoms with Gasteiger partial charge in [0.15, 0.2) is 0 Å². The van der Waals surface area contributed by atoms with Gasteiger partial charge in [-0.15, -0.1) is 0 Å². The van der Waals surface area contributed by atoms with E-state index < -0.39 is 42.3 Å². The third-order valence-corrected chi connectivity index (χ3v) is 4.35. The van der Waals surface area contributed by atoms with Gasteiger partial charge in [0.05, 0.1) is 48.1 Å². The summed E-state index contributed by atoms with van der Waals surface area (Å²) < 4.78 is 51.0. The predicted octanol–water partition coefficient (Wildman–Crippen LogP) is 3.04. The van der Waals surface area contributed by atoms with Crippen molar-refractivity contribution in [3.8, 4) is 0 Å². The van der Waals surface area contributed by atoms with Crippen molar-refractivity contribution in [2.75, 3.05) is 13.7 Å². The molecule has 2 rings (SSSR count). The van der Waals surface area contributed by atoms with E-state index in [2.05, 4.69) is 5.32 Å². The maximum absolute atomic E-state index is 13.7. The molecule has 29 heavy (non-hydrogen) atoms. The molecule has 1 aliphatic heterocycles. The molecular formula is C20H22F3NO5. The summed E-state index contributed by atoms with van der Waals surface area (Å²) in [4.78, 5) is 25.3. The number of benzene rings is 1. The van der Waals surface area contributed by atoms with Gasteiger partial charge in [-0.3, -0.25) is 0 Å². The van der Waals surface area contributed by atoms with Crippen LogP contribution in [0.5, 0.6) is 0 Å². The topological polar surface area (TPSA) is 84.9 Å². The Morgan fingerprint density at radius 1 is 1.17 bits per heavy atom. The van der Waals surface area contributed by atoms with Crippen molar-refractivity contribution < 1.29 is 37.3 Å². The lowest BCUT2D eigenvalue weighted by atomic mass is 9.78. The second-order valence-electron chi connectivity index (χ2n) is 6.68. The maximum atomic E-state index is 13.7. The summed E-state index contributed by atoms with van der Waals surface area (Å²) in [5, 5.41) is 12.4. The summed E-state index contributed by atoms with van der Waals surface area (Å²) in [6.45, 7) is 3.99. The van der Waals surface area contributed by atoms with Crippen LogP contribution in [-0.2, 0) is 25.2 Å². The van der Waals surface area contributed by atoms with Crippen LogP contribution in [0.4, 0.5) is 13.2 Å². The second-order valence-corrected chi connectivity index (χ2v) is 6.68. The fraction of sp³-hybridized carbons (Fsp3) is 0.400. The quantitative estimate of drug-likeness (QED) is 0.722. The molecule has 0 radical (unpaired) electrons. The molecular weight excluding hydrogens is 391 g/mol. The van der Waals surface area contributed by atoms with Crippen LogP contribution in [0.15, 0.2) is 46.8 Å². The Bertz CT molecular complexity index is 871. The van der Waals surface area contributed by atoms with Crippen molar-refractivity contribution in [2.45, 2.75) is 39.0 Å². The standard InChI is InChI=1S/C20H22F3NO5/c1-10(2)29-19(27)15-11(3)24-14(9-25)17(18(26)28-4)16(15)12-7-5-6-8-13(12)20(21,22)23/h5-8,10,16,24-25H,9H2,1-4H3. The van der Waals surface area contributed by atoms with Crippen molar-refractivity contribution >= 4 is 11.9 Å². The first-order valence-electron chi connectivity index (χ1n) is 8.80. The second kappa shape index (κ2) is 8.69. The molecule has 0 fully saturated rings. The van der Waals surface area contributed by atoms with Gasteiger partial charge in [-0.2, -0.15) is 13.2 Å². The van der Waals surface area contributed by atoms with Gasteiger partial charge in [0, 0.05) is 5.70 Å². The first kappa shape index (κ1) is 22.5. The molecule has 1 aliphatic rings. The number of carbonyl (C=O) groups is 2. The van der Waals surface area contributed by atoms with Gasteiger partial charge in [0.25, 0.3) is 0 Å². The largest absolute Gasteiger partial charge is 0.466 e. The molecule has 0 aliphatic carbocycles. The van der Waals surface area contributed by atoms with Crippen LogP contribution in [-0.4, -0.2) is 36.9 Å². The van der Waals surface area contributed by atoms with Crippen LogP contribution >= 0.6 is 0 Å². The Hall–Kier alpha value is -2.81. The minimum Gasteiger partial charge on any atom is -0.466 e. The number of hydrogen-bond donors (Lipinski definition) is 2. The minimum absolute atomic E-state index is 0.0441. The average Bonchev–Trinajstić information content (AvgIpc) is 2.64.